The quantitative estimate of drug-likeness (QED) is 0.837. The van der Waals surface area contributed by atoms with Crippen LogP contribution in [0.15, 0.2) is 18.2 Å². The van der Waals surface area contributed by atoms with Gasteiger partial charge in [0.15, 0.2) is 0 Å². The van der Waals surface area contributed by atoms with E-state index in [0.29, 0.717) is 11.4 Å². The number of anilines is 2. The molecule has 0 saturated carbocycles. The molecule has 2 rings (SSSR count). The van der Waals surface area contributed by atoms with Gasteiger partial charge in [0.25, 0.3) is 0 Å². The molecule has 1 saturated heterocycles. The smallest absolute Gasteiger partial charge is 0.227 e. The Morgan fingerprint density at radius 1 is 1.47 bits per heavy atom. The second-order valence-electron chi connectivity index (χ2n) is 3.57. The molecule has 1 aromatic carbocycles. The van der Waals surface area contributed by atoms with E-state index in [1.54, 1.807) is 4.90 Å². The third-order valence-corrected chi connectivity index (χ3v) is 2.90. The maximum atomic E-state index is 11.5. The summed E-state index contributed by atoms with van der Waals surface area (Å²) in [6, 6.07) is 5.65. The van der Waals surface area contributed by atoms with Gasteiger partial charge >= 0.3 is 0 Å². The fourth-order valence-corrected chi connectivity index (χ4v) is 2.07. The molecule has 15 heavy (non-hydrogen) atoms. The molecule has 1 aromatic rings. The van der Waals surface area contributed by atoms with E-state index in [1.807, 2.05) is 25.2 Å². The zero-order valence-electron chi connectivity index (χ0n) is 8.59. The molecule has 1 heterocycles. The second kappa shape index (κ2) is 4.11. The minimum absolute atomic E-state index is 0.161. The lowest BCUT2D eigenvalue weighted by molar-refractivity contribution is -0.117. The van der Waals surface area contributed by atoms with Crippen molar-refractivity contribution in [3.8, 4) is 0 Å². The van der Waals surface area contributed by atoms with Gasteiger partial charge in [-0.25, -0.2) is 0 Å². The van der Waals surface area contributed by atoms with Crippen molar-refractivity contribution in [3.63, 3.8) is 0 Å². The van der Waals surface area contributed by atoms with E-state index in [0.717, 1.165) is 24.3 Å². The number of hydrogen-bond donors (Lipinski definition) is 1. The largest absolute Gasteiger partial charge is 0.388 e. The van der Waals surface area contributed by atoms with Gasteiger partial charge in [0.05, 0.1) is 10.7 Å². The highest BCUT2D eigenvalue weighted by Gasteiger charge is 2.23. The van der Waals surface area contributed by atoms with Crippen LogP contribution in [0.4, 0.5) is 11.4 Å². The Bertz CT molecular complexity index is 392. The van der Waals surface area contributed by atoms with E-state index < -0.39 is 0 Å². The highest BCUT2D eigenvalue weighted by atomic mass is 35.5. The van der Waals surface area contributed by atoms with Crippen LogP contribution in [0.5, 0.6) is 0 Å². The van der Waals surface area contributed by atoms with Gasteiger partial charge in [-0.15, -0.1) is 0 Å². The number of nitrogens with zero attached hydrogens (tertiary/aromatic N) is 1. The monoisotopic (exact) mass is 224 g/mol. The lowest BCUT2D eigenvalue weighted by atomic mass is 10.2. The molecule has 3 nitrogen and oxygen atoms in total. The number of nitrogens with one attached hydrogen (secondary N) is 1. The topological polar surface area (TPSA) is 32.3 Å². The summed E-state index contributed by atoms with van der Waals surface area (Å²) in [5, 5.41) is 3.63. The fourth-order valence-electron chi connectivity index (χ4n) is 1.78. The lowest BCUT2D eigenvalue weighted by Gasteiger charge is -2.17. The molecule has 0 spiro atoms. The summed E-state index contributed by atoms with van der Waals surface area (Å²) < 4.78 is 0. The van der Waals surface area contributed by atoms with Crippen molar-refractivity contribution in [1.82, 2.24) is 0 Å². The van der Waals surface area contributed by atoms with E-state index >= 15 is 0 Å². The Morgan fingerprint density at radius 3 is 2.80 bits per heavy atom. The van der Waals surface area contributed by atoms with Crippen molar-refractivity contribution in [3.05, 3.63) is 23.2 Å². The van der Waals surface area contributed by atoms with Crippen molar-refractivity contribution >= 4 is 28.9 Å². The fraction of sp³-hybridized carbons (Fsp3) is 0.364. The van der Waals surface area contributed by atoms with Gasteiger partial charge in [-0.2, -0.15) is 0 Å². The maximum Gasteiger partial charge on any atom is 0.227 e. The predicted octanol–water partition coefficient (Wildman–Crippen LogP) is 2.51. The molecule has 1 fully saturated rings. The number of hydrogen-bond acceptors (Lipinski definition) is 2. The predicted molar refractivity (Wildman–Crippen MR) is 62.6 cm³/mol. The molecule has 1 amide bonds. The summed E-state index contributed by atoms with van der Waals surface area (Å²) in [5.41, 5.74) is 1.77. The molecular weight excluding hydrogens is 212 g/mol. The van der Waals surface area contributed by atoms with Crippen LogP contribution in [0.25, 0.3) is 0 Å². The van der Waals surface area contributed by atoms with Crippen molar-refractivity contribution in [1.29, 1.82) is 0 Å². The molecular formula is C11H13ClN2O. The van der Waals surface area contributed by atoms with Gasteiger partial charge in [0.1, 0.15) is 0 Å². The Morgan fingerprint density at radius 2 is 2.27 bits per heavy atom. The highest BCUT2D eigenvalue weighted by molar-refractivity contribution is 6.34. The molecule has 80 valence electrons. The number of amides is 1. The van der Waals surface area contributed by atoms with Gasteiger partial charge < -0.3 is 10.2 Å². The van der Waals surface area contributed by atoms with Crippen LogP contribution >= 0.6 is 11.6 Å². The first-order chi connectivity index (χ1) is 7.22. The molecule has 1 aliphatic rings. The molecule has 1 aliphatic heterocycles. The zero-order chi connectivity index (χ0) is 10.8. The molecule has 4 heteroatoms. The van der Waals surface area contributed by atoms with Gasteiger partial charge in [-0.1, -0.05) is 11.6 Å². The minimum Gasteiger partial charge on any atom is -0.388 e. The first-order valence-electron chi connectivity index (χ1n) is 5.00. The van der Waals surface area contributed by atoms with Crippen LogP contribution in [0.3, 0.4) is 0 Å². The summed E-state index contributed by atoms with van der Waals surface area (Å²) in [6.45, 7) is 0.775. The Labute approximate surface area is 94.0 Å². The van der Waals surface area contributed by atoms with E-state index in [1.165, 1.54) is 0 Å². The molecule has 0 atom stereocenters. The summed E-state index contributed by atoms with van der Waals surface area (Å²) in [6.07, 6.45) is 1.55. The molecule has 1 N–H and O–H groups in total. The molecule has 0 aromatic heterocycles. The van der Waals surface area contributed by atoms with Crippen LogP contribution in [0, 0.1) is 0 Å². The number of carbonyl (C=O) groups is 1. The van der Waals surface area contributed by atoms with Crippen molar-refractivity contribution < 1.29 is 4.79 Å². The summed E-state index contributed by atoms with van der Waals surface area (Å²) in [5.74, 6) is 0.161. The summed E-state index contributed by atoms with van der Waals surface area (Å²) in [4.78, 5) is 13.3. The Hall–Kier alpha value is -1.22. The zero-order valence-corrected chi connectivity index (χ0v) is 9.34. The molecule has 0 radical (unpaired) electrons. The van der Waals surface area contributed by atoms with E-state index in [-0.39, 0.29) is 5.91 Å². The standard InChI is InChI=1S/C11H13ClN2O/c1-13-8-4-5-10(9(12)7-8)14-6-2-3-11(14)15/h4-5,7,13H,2-3,6H2,1H3. The average molecular weight is 225 g/mol. The second-order valence-corrected chi connectivity index (χ2v) is 3.97. The highest BCUT2D eigenvalue weighted by Crippen LogP contribution is 2.31. The number of benzene rings is 1. The third-order valence-electron chi connectivity index (χ3n) is 2.60. The SMILES string of the molecule is CNc1ccc(N2CCCC2=O)c(Cl)c1. The van der Waals surface area contributed by atoms with Gasteiger partial charge in [0.2, 0.25) is 5.91 Å². The normalized spacial score (nSPS) is 15.9. The third kappa shape index (κ3) is 1.92. The van der Waals surface area contributed by atoms with Crippen LogP contribution < -0.4 is 10.2 Å². The van der Waals surface area contributed by atoms with Crippen molar-refractivity contribution in [2.75, 3.05) is 23.8 Å². The summed E-state index contributed by atoms with van der Waals surface area (Å²) in [7, 11) is 1.84. The maximum absolute atomic E-state index is 11.5. The van der Waals surface area contributed by atoms with E-state index in [2.05, 4.69) is 5.32 Å². The molecule has 0 aliphatic carbocycles. The van der Waals surface area contributed by atoms with Crippen LogP contribution in [0.1, 0.15) is 12.8 Å². The van der Waals surface area contributed by atoms with E-state index in [4.69, 9.17) is 11.6 Å². The number of rotatable bonds is 2. The summed E-state index contributed by atoms with van der Waals surface area (Å²) >= 11 is 6.12. The Balaban J connectivity index is 2.32. The van der Waals surface area contributed by atoms with Gasteiger partial charge in [-0.3, -0.25) is 4.79 Å². The first-order valence-corrected chi connectivity index (χ1v) is 5.38. The molecule has 0 bridgehead atoms. The van der Waals surface area contributed by atoms with Crippen LogP contribution in [-0.2, 0) is 4.79 Å². The average Bonchev–Trinajstić information content (AvgIpc) is 2.64. The van der Waals surface area contributed by atoms with Gasteiger partial charge in [0, 0.05) is 25.7 Å². The lowest BCUT2D eigenvalue weighted by Crippen LogP contribution is -2.23. The van der Waals surface area contributed by atoms with Crippen LogP contribution in [-0.4, -0.2) is 19.5 Å². The Kier molecular flexibility index (Phi) is 2.82. The minimum atomic E-state index is 0.161. The number of carbonyl (C=O) groups excluding carboxylic acids is 1. The number of halogens is 1. The van der Waals surface area contributed by atoms with Crippen molar-refractivity contribution in [2.24, 2.45) is 0 Å². The van der Waals surface area contributed by atoms with Crippen LogP contribution in [0.2, 0.25) is 5.02 Å². The molecule has 0 unspecified atom stereocenters. The van der Waals surface area contributed by atoms with Gasteiger partial charge in [-0.05, 0) is 24.6 Å². The first kappa shape index (κ1) is 10.3. The van der Waals surface area contributed by atoms with E-state index in [9.17, 15) is 4.79 Å². The van der Waals surface area contributed by atoms with Crippen molar-refractivity contribution in [2.45, 2.75) is 12.8 Å².